The van der Waals surface area contributed by atoms with Gasteiger partial charge < -0.3 is 15.3 Å². The Morgan fingerprint density at radius 1 is 1.26 bits per heavy atom. The van der Waals surface area contributed by atoms with E-state index >= 15 is 0 Å². The number of nitrogens with one attached hydrogen (secondary N) is 1. The van der Waals surface area contributed by atoms with E-state index < -0.39 is 0 Å². The van der Waals surface area contributed by atoms with Crippen molar-refractivity contribution in [1.82, 2.24) is 10.2 Å². The van der Waals surface area contributed by atoms with Crippen LogP contribution in [-0.4, -0.2) is 35.2 Å². The molecule has 2 N–H and O–H groups in total. The average Bonchev–Trinajstić information content (AvgIpc) is 3.00. The number of nitrogens with zero attached hydrogens (tertiary/aromatic N) is 1. The fourth-order valence-corrected chi connectivity index (χ4v) is 3.68. The molecule has 0 heterocycles. The smallest absolute Gasteiger partial charge is 0.318 e. The summed E-state index contributed by atoms with van der Waals surface area (Å²) in [5.74, 6) is 0. The number of benzene rings is 1. The molecule has 2 amide bonds. The van der Waals surface area contributed by atoms with E-state index in [-0.39, 0.29) is 24.7 Å². The Kier molecular flexibility index (Phi) is 5.34. The third kappa shape index (κ3) is 3.75. The van der Waals surface area contributed by atoms with Gasteiger partial charge in [-0.15, -0.1) is 0 Å². The molecule has 2 atom stereocenters. The Morgan fingerprint density at radius 2 is 2.13 bits per heavy atom. The third-order valence-corrected chi connectivity index (χ3v) is 4.89. The summed E-state index contributed by atoms with van der Waals surface area (Å²) < 4.78 is 0. The SMILES string of the molecule is O=C(N[C@@H]1CC=CCC1)N(CCCO)[C@H]1CCc2ccccc21. The third-order valence-electron chi connectivity index (χ3n) is 4.89. The van der Waals surface area contributed by atoms with Crippen LogP contribution in [0.15, 0.2) is 36.4 Å². The number of hydrogen-bond donors (Lipinski definition) is 2. The summed E-state index contributed by atoms with van der Waals surface area (Å²) in [6.07, 6.45) is 9.91. The maximum atomic E-state index is 12.8. The number of carbonyl (C=O) groups is 1. The highest BCUT2D eigenvalue weighted by molar-refractivity contribution is 5.75. The van der Waals surface area contributed by atoms with E-state index in [1.165, 1.54) is 11.1 Å². The molecule has 3 rings (SSSR count). The van der Waals surface area contributed by atoms with E-state index in [4.69, 9.17) is 0 Å². The van der Waals surface area contributed by atoms with Crippen LogP contribution in [0, 0.1) is 0 Å². The van der Waals surface area contributed by atoms with Crippen molar-refractivity contribution < 1.29 is 9.90 Å². The molecule has 23 heavy (non-hydrogen) atoms. The molecule has 2 aliphatic rings. The number of aliphatic hydroxyl groups excluding tert-OH is 1. The van der Waals surface area contributed by atoms with Crippen LogP contribution < -0.4 is 5.32 Å². The van der Waals surface area contributed by atoms with Crippen LogP contribution in [0.3, 0.4) is 0 Å². The summed E-state index contributed by atoms with van der Waals surface area (Å²) in [4.78, 5) is 14.8. The van der Waals surface area contributed by atoms with Gasteiger partial charge in [-0.25, -0.2) is 4.79 Å². The van der Waals surface area contributed by atoms with E-state index in [0.717, 1.165) is 32.1 Å². The number of aryl methyl sites for hydroxylation is 1. The molecule has 1 aromatic rings. The lowest BCUT2D eigenvalue weighted by Crippen LogP contribution is -2.46. The molecule has 4 heteroatoms. The van der Waals surface area contributed by atoms with Gasteiger partial charge in [0, 0.05) is 19.2 Å². The molecule has 0 bridgehead atoms. The monoisotopic (exact) mass is 314 g/mol. The number of carbonyl (C=O) groups excluding carboxylic acids is 1. The summed E-state index contributed by atoms with van der Waals surface area (Å²) in [7, 11) is 0. The van der Waals surface area contributed by atoms with Crippen LogP contribution in [0.25, 0.3) is 0 Å². The van der Waals surface area contributed by atoms with Gasteiger partial charge in [0.05, 0.1) is 6.04 Å². The number of allylic oxidation sites excluding steroid dienone is 1. The molecule has 124 valence electrons. The summed E-state index contributed by atoms with van der Waals surface area (Å²) in [6.45, 7) is 0.716. The number of rotatable bonds is 5. The molecule has 0 fully saturated rings. The second kappa shape index (κ2) is 7.64. The summed E-state index contributed by atoms with van der Waals surface area (Å²) >= 11 is 0. The average molecular weight is 314 g/mol. The van der Waals surface area contributed by atoms with Crippen molar-refractivity contribution in [3.8, 4) is 0 Å². The van der Waals surface area contributed by atoms with Crippen LogP contribution in [-0.2, 0) is 6.42 Å². The molecule has 0 saturated carbocycles. The van der Waals surface area contributed by atoms with Gasteiger partial charge in [0.25, 0.3) is 0 Å². The quantitative estimate of drug-likeness (QED) is 0.820. The Morgan fingerprint density at radius 3 is 2.91 bits per heavy atom. The summed E-state index contributed by atoms with van der Waals surface area (Å²) in [5.41, 5.74) is 2.61. The molecule has 0 spiro atoms. The first-order valence-corrected chi connectivity index (χ1v) is 8.70. The van der Waals surface area contributed by atoms with Crippen molar-refractivity contribution >= 4 is 6.03 Å². The van der Waals surface area contributed by atoms with Crippen LogP contribution in [0.1, 0.15) is 49.3 Å². The van der Waals surface area contributed by atoms with Gasteiger partial charge in [0.2, 0.25) is 0 Å². The zero-order chi connectivity index (χ0) is 16.1. The lowest BCUT2D eigenvalue weighted by atomic mass is 10.0. The highest BCUT2D eigenvalue weighted by atomic mass is 16.3. The van der Waals surface area contributed by atoms with Gasteiger partial charge in [0.1, 0.15) is 0 Å². The van der Waals surface area contributed by atoms with E-state index in [1.807, 2.05) is 11.0 Å². The number of aliphatic hydroxyl groups is 1. The maximum Gasteiger partial charge on any atom is 0.318 e. The van der Waals surface area contributed by atoms with Crippen molar-refractivity contribution in [3.05, 3.63) is 47.5 Å². The predicted molar refractivity (Wildman–Crippen MR) is 91.2 cm³/mol. The Balaban J connectivity index is 1.72. The van der Waals surface area contributed by atoms with Gasteiger partial charge in [-0.2, -0.15) is 0 Å². The lowest BCUT2D eigenvalue weighted by molar-refractivity contribution is 0.161. The zero-order valence-electron chi connectivity index (χ0n) is 13.6. The van der Waals surface area contributed by atoms with E-state index in [0.29, 0.717) is 13.0 Å². The van der Waals surface area contributed by atoms with Gasteiger partial charge in [-0.05, 0) is 49.7 Å². The Bertz CT molecular complexity index is 570. The first-order valence-electron chi connectivity index (χ1n) is 8.70. The summed E-state index contributed by atoms with van der Waals surface area (Å²) in [6, 6.07) is 8.79. The van der Waals surface area contributed by atoms with Crippen molar-refractivity contribution in [1.29, 1.82) is 0 Å². The number of amides is 2. The van der Waals surface area contributed by atoms with Crippen LogP contribution in [0.2, 0.25) is 0 Å². The predicted octanol–water partition coefficient (Wildman–Crippen LogP) is 3.18. The molecule has 1 aromatic carbocycles. The van der Waals surface area contributed by atoms with Crippen LogP contribution >= 0.6 is 0 Å². The summed E-state index contributed by atoms with van der Waals surface area (Å²) in [5, 5.41) is 12.4. The van der Waals surface area contributed by atoms with Crippen molar-refractivity contribution in [2.24, 2.45) is 0 Å². The molecule has 0 saturated heterocycles. The Labute approximate surface area is 138 Å². The van der Waals surface area contributed by atoms with Gasteiger partial charge in [-0.1, -0.05) is 36.4 Å². The first kappa shape index (κ1) is 16.1. The highest BCUT2D eigenvalue weighted by Gasteiger charge is 2.31. The normalized spacial score (nSPS) is 22.7. The standard InChI is InChI=1S/C19H26N2O2/c22-14-6-13-21(19(23)20-16-8-2-1-3-9-16)18-12-11-15-7-4-5-10-17(15)18/h1-2,4-5,7,10,16,18,22H,3,6,8-9,11-14H2,(H,20,23)/t16-,18+/m1/s1. The second-order valence-corrected chi connectivity index (χ2v) is 6.45. The van der Waals surface area contributed by atoms with Gasteiger partial charge in [0.15, 0.2) is 0 Å². The van der Waals surface area contributed by atoms with Crippen LogP contribution in [0.4, 0.5) is 4.79 Å². The fraction of sp³-hybridized carbons (Fsp3) is 0.526. The minimum Gasteiger partial charge on any atom is -0.396 e. The van der Waals surface area contributed by atoms with Crippen molar-refractivity contribution in [3.63, 3.8) is 0 Å². The first-order chi connectivity index (χ1) is 11.3. The van der Waals surface area contributed by atoms with Gasteiger partial charge in [-0.3, -0.25) is 0 Å². The van der Waals surface area contributed by atoms with Gasteiger partial charge >= 0.3 is 6.03 Å². The zero-order valence-corrected chi connectivity index (χ0v) is 13.6. The van der Waals surface area contributed by atoms with Crippen molar-refractivity contribution in [2.75, 3.05) is 13.2 Å². The van der Waals surface area contributed by atoms with Crippen LogP contribution in [0.5, 0.6) is 0 Å². The number of urea groups is 1. The lowest BCUT2D eigenvalue weighted by Gasteiger charge is -2.32. The fourth-order valence-electron chi connectivity index (χ4n) is 3.68. The Hall–Kier alpha value is -1.81. The topological polar surface area (TPSA) is 52.6 Å². The molecular weight excluding hydrogens is 288 g/mol. The molecule has 2 aliphatic carbocycles. The van der Waals surface area contributed by atoms with Crippen molar-refractivity contribution in [2.45, 2.75) is 50.6 Å². The van der Waals surface area contributed by atoms with E-state index in [9.17, 15) is 9.90 Å². The number of hydrogen-bond acceptors (Lipinski definition) is 2. The van der Waals surface area contributed by atoms with E-state index in [2.05, 4.69) is 35.7 Å². The van der Waals surface area contributed by atoms with E-state index in [1.54, 1.807) is 0 Å². The minimum atomic E-state index is 0.0143. The maximum absolute atomic E-state index is 12.8. The minimum absolute atomic E-state index is 0.0143. The molecule has 0 aliphatic heterocycles. The highest BCUT2D eigenvalue weighted by Crippen LogP contribution is 2.35. The molecular formula is C19H26N2O2. The largest absolute Gasteiger partial charge is 0.396 e. The molecule has 0 radical (unpaired) electrons. The second-order valence-electron chi connectivity index (χ2n) is 6.45. The number of fused-ring (bicyclic) bond motifs is 1. The molecule has 0 unspecified atom stereocenters. The molecule has 0 aromatic heterocycles. The molecule has 4 nitrogen and oxygen atoms in total.